The number of halogens is 2. The molecule has 0 saturated heterocycles. The summed E-state index contributed by atoms with van der Waals surface area (Å²) in [6, 6.07) is 13.3. The third-order valence-corrected chi connectivity index (χ3v) is 3.31. The van der Waals surface area contributed by atoms with E-state index in [2.05, 4.69) is 5.32 Å². The topological polar surface area (TPSA) is 32.3 Å². The molecule has 2 N–H and O–H groups in total. The van der Waals surface area contributed by atoms with Gasteiger partial charge in [0.2, 0.25) is 0 Å². The van der Waals surface area contributed by atoms with Gasteiger partial charge in [0, 0.05) is 18.7 Å². The van der Waals surface area contributed by atoms with E-state index >= 15 is 0 Å². The molecule has 0 fully saturated rings. The minimum absolute atomic E-state index is 0.200. The lowest BCUT2D eigenvalue weighted by molar-refractivity contribution is 0.161. The van der Waals surface area contributed by atoms with Gasteiger partial charge in [-0.25, -0.2) is 8.78 Å². The highest BCUT2D eigenvalue weighted by molar-refractivity contribution is 5.18. The van der Waals surface area contributed by atoms with Gasteiger partial charge in [-0.15, -0.1) is 0 Å². The molecule has 2 aromatic carbocycles. The average Bonchev–Trinajstić information content (AvgIpc) is 2.50. The van der Waals surface area contributed by atoms with Crippen LogP contribution in [0.5, 0.6) is 0 Å². The number of benzene rings is 2. The molecule has 0 heterocycles. The number of aliphatic hydroxyl groups excluding tert-OH is 1. The minimum Gasteiger partial charge on any atom is -0.392 e. The highest BCUT2D eigenvalue weighted by Crippen LogP contribution is 2.09. The third kappa shape index (κ3) is 5.25. The summed E-state index contributed by atoms with van der Waals surface area (Å²) in [5.41, 5.74) is 1.44. The van der Waals surface area contributed by atoms with Crippen molar-refractivity contribution in [2.24, 2.45) is 0 Å². The zero-order chi connectivity index (χ0) is 15.1. The smallest absolute Gasteiger partial charge is 0.127 e. The Morgan fingerprint density at radius 1 is 1.05 bits per heavy atom. The van der Waals surface area contributed by atoms with Crippen LogP contribution in [0.1, 0.15) is 17.5 Å². The van der Waals surface area contributed by atoms with Gasteiger partial charge in [-0.1, -0.05) is 30.3 Å². The van der Waals surface area contributed by atoms with Gasteiger partial charge >= 0.3 is 0 Å². The van der Waals surface area contributed by atoms with Crippen molar-refractivity contribution >= 4 is 0 Å². The zero-order valence-electron chi connectivity index (χ0n) is 11.7. The normalized spacial score (nSPS) is 12.3. The minimum atomic E-state index is -0.512. The third-order valence-electron chi connectivity index (χ3n) is 3.31. The number of hydrogen-bond donors (Lipinski definition) is 2. The highest BCUT2D eigenvalue weighted by atomic mass is 19.1. The van der Waals surface area contributed by atoms with Crippen molar-refractivity contribution in [3.8, 4) is 0 Å². The molecule has 1 atom stereocenters. The lowest BCUT2D eigenvalue weighted by Crippen LogP contribution is -2.27. The van der Waals surface area contributed by atoms with E-state index in [1.807, 2.05) is 30.3 Å². The summed E-state index contributed by atoms with van der Waals surface area (Å²) in [6.45, 7) is 0.550. The summed E-state index contributed by atoms with van der Waals surface area (Å²) in [5, 5.41) is 12.8. The standard InChI is InChI=1S/C17H19F2NO/c18-15-7-9-17(19)14(10-15)11-20-12-16(21)8-6-13-4-2-1-3-5-13/h1-5,7,9-10,16,20-21H,6,8,11-12H2/t16-/m1/s1. The molecule has 0 saturated carbocycles. The maximum atomic E-state index is 13.4. The first-order chi connectivity index (χ1) is 10.1. The second-order valence-electron chi connectivity index (χ2n) is 5.04. The summed E-state index contributed by atoms with van der Waals surface area (Å²) in [4.78, 5) is 0. The van der Waals surface area contributed by atoms with Gasteiger partial charge in [0.05, 0.1) is 6.10 Å². The molecule has 0 bridgehead atoms. The lowest BCUT2D eigenvalue weighted by atomic mass is 10.1. The first-order valence-corrected chi connectivity index (χ1v) is 7.02. The van der Waals surface area contributed by atoms with E-state index in [0.29, 0.717) is 13.0 Å². The van der Waals surface area contributed by atoms with Crippen LogP contribution < -0.4 is 5.32 Å². The fourth-order valence-corrected chi connectivity index (χ4v) is 2.13. The Labute approximate surface area is 123 Å². The summed E-state index contributed by atoms with van der Waals surface area (Å²) in [6.07, 6.45) is 0.905. The van der Waals surface area contributed by atoms with E-state index in [1.54, 1.807) is 0 Å². The van der Waals surface area contributed by atoms with Crippen LogP contribution in [-0.4, -0.2) is 17.8 Å². The van der Waals surface area contributed by atoms with Crippen molar-refractivity contribution in [3.05, 3.63) is 71.3 Å². The Morgan fingerprint density at radius 3 is 2.57 bits per heavy atom. The van der Waals surface area contributed by atoms with E-state index in [1.165, 1.54) is 11.6 Å². The van der Waals surface area contributed by atoms with Crippen LogP contribution in [0.2, 0.25) is 0 Å². The van der Waals surface area contributed by atoms with Crippen LogP contribution in [0.15, 0.2) is 48.5 Å². The highest BCUT2D eigenvalue weighted by Gasteiger charge is 2.07. The van der Waals surface area contributed by atoms with E-state index in [4.69, 9.17) is 0 Å². The Bertz CT molecular complexity index is 560. The molecular formula is C17H19F2NO. The van der Waals surface area contributed by atoms with Crippen LogP contribution in [0, 0.1) is 11.6 Å². The molecule has 0 unspecified atom stereocenters. The molecular weight excluding hydrogens is 272 g/mol. The van der Waals surface area contributed by atoms with Gasteiger partial charge in [-0.05, 0) is 36.6 Å². The molecule has 0 aliphatic heterocycles. The van der Waals surface area contributed by atoms with Crippen LogP contribution in [0.25, 0.3) is 0 Å². The summed E-state index contributed by atoms with van der Waals surface area (Å²) in [7, 11) is 0. The first-order valence-electron chi connectivity index (χ1n) is 7.02. The fourth-order valence-electron chi connectivity index (χ4n) is 2.13. The number of aliphatic hydroxyl groups is 1. The van der Waals surface area contributed by atoms with Crippen molar-refractivity contribution in [3.63, 3.8) is 0 Å². The number of hydrogen-bond acceptors (Lipinski definition) is 2. The number of rotatable bonds is 7. The van der Waals surface area contributed by atoms with Crippen LogP contribution in [-0.2, 0) is 13.0 Å². The summed E-state index contributed by atoms with van der Waals surface area (Å²) < 4.78 is 26.4. The SMILES string of the molecule is O[C@H](CCc1ccccc1)CNCc1cc(F)ccc1F. The molecule has 0 aliphatic carbocycles. The Hall–Kier alpha value is -1.78. The predicted molar refractivity (Wildman–Crippen MR) is 78.8 cm³/mol. The van der Waals surface area contributed by atoms with Crippen LogP contribution in [0.3, 0.4) is 0 Å². The monoisotopic (exact) mass is 291 g/mol. The fraction of sp³-hybridized carbons (Fsp3) is 0.294. The van der Waals surface area contributed by atoms with Crippen molar-refractivity contribution in [2.75, 3.05) is 6.54 Å². The van der Waals surface area contributed by atoms with Crippen molar-refractivity contribution < 1.29 is 13.9 Å². The molecule has 4 heteroatoms. The summed E-state index contributed by atoms with van der Waals surface area (Å²) in [5.74, 6) is -0.902. The predicted octanol–water partition coefficient (Wildman–Crippen LogP) is 3.05. The molecule has 21 heavy (non-hydrogen) atoms. The Kier molecular flexibility index (Phi) is 5.84. The lowest BCUT2D eigenvalue weighted by Gasteiger charge is -2.12. The van der Waals surface area contributed by atoms with E-state index < -0.39 is 17.7 Å². The molecule has 2 nitrogen and oxygen atoms in total. The van der Waals surface area contributed by atoms with Crippen LogP contribution in [0.4, 0.5) is 8.78 Å². The quantitative estimate of drug-likeness (QED) is 0.822. The summed E-state index contributed by atoms with van der Waals surface area (Å²) >= 11 is 0. The van der Waals surface area contributed by atoms with Gasteiger partial charge in [-0.3, -0.25) is 0 Å². The van der Waals surface area contributed by atoms with Crippen molar-refractivity contribution in [1.82, 2.24) is 5.32 Å². The second kappa shape index (κ2) is 7.86. The van der Waals surface area contributed by atoms with Gasteiger partial charge < -0.3 is 10.4 Å². The average molecular weight is 291 g/mol. The molecule has 112 valence electrons. The van der Waals surface area contributed by atoms with E-state index in [9.17, 15) is 13.9 Å². The molecule has 2 aromatic rings. The molecule has 0 aromatic heterocycles. The Morgan fingerprint density at radius 2 is 1.81 bits per heavy atom. The maximum Gasteiger partial charge on any atom is 0.127 e. The number of aryl methyl sites for hydroxylation is 1. The number of nitrogens with one attached hydrogen (secondary N) is 1. The van der Waals surface area contributed by atoms with Crippen molar-refractivity contribution in [1.29, 1.82) is 0 Å². The molecule has 0 aliphatic rings. The Balaban J connectivity index is 1.72. The van der Waals surface area contributed by atoms with Gasteiger partial charge in [0.1, 0.15) is 11.6 Å². The van der Waals surface area contributed by atoms with Gasteiger partial charge in [-0.2, -0.15) is 0 Å². The van der Waals surface area contributed by atoms with E-state index in [0.717, 1.165) is 18.6 Å². The van der Waals surface area contributed by atoms with Crippen molar-refractivity contribution in [2.45, 2.75) is 25.5 Å². The molecule has 2 rings (SSSR count). The first kappa shape index (κ1) is 15.6. The van der Waals surface area contributed by atoms with E-state index in [-0.39, 0.29) is 12.1 Å². The second-order valence-corrected chi connectivity index (χ2v) is 5.04. The molecule has 0 spiro atoms. The largest absolute Gasteiger partial charge is 0.392 e. The van der Waals surface area contributed by atoms with Gasteiger partial charge in [0.15, 0.2) is 0 Å². The van der Waals surface area contributed by atoms with Gasteiger partial charge in [0.25, 0.3) is 0 Å². The zero-order valence-corrected chi connectivity index (χ0v) is 11.7. The molecule has 0 amide bonds. The van der Waals surface area contributed by atoms with Crippen LogP contribution >= 0.6 is 0 Å². The maximum absolute atomic E-state index is 13.4. The molecule has 0 radical (unpaired) electrons.